The summed E-state index contributed by atoms with van der Waals surface area (Å²) < 4.78 is 11.0. The summed E-state index contributed by atoms with van der Waals surface area (Å²) in [6.07, 6.45) is 5.13. The summed E-state index contributed by atoms with van der Waals surface area (Å²) in [6, 6.07) is 0. The summed E-state index contributed by atoms with van der Waals surface area (Å²) in [5, 5.41) is 0. The van der Waals surface area contributed by atoms with Gasteiger partial charge in [-0.2, -0.15) is 0 Å². The zero-order chi connectivity index (χ0) is 12.1. The lowest BCUT2D eigenvalue weighted by Gasteiger charge is -2.13. The zero-order valence-electron chi connectivity index (χ0n) is 11.1. The fraction of sp³-hybridized carbons (Fsp3) is 0.917. The van der Waals surface area contributed by atoms with Gasteiger partial charge in [0.1, 0.15) is 15.4 Å². The third kappa shape index (κ3) is 10.3. The van der Waals surface area contributed by atoms with Gasteiger partial charge in [0.2, 0.25) is 0 Å². The third-order valence-electron chi connectivity index (χ3n) is 2.27. The van der Waals surface area contributed by atoms with Crippen molar-refractivity contribution >= 4 is 15.4 Å². The van der Waals surface area contributed by atoms with Gasteiger partial charge in [0.15, 0.2) is 0 Å². The molecule has 0 aliphatic heterocycles. The van der Waals surface area contributed by atoms with Gasteiger partial charge in [0.25, 0.3) is 0 Å². The quantitative estimate of drug-likeness (QED) is 0.242. The largest absolute Gasteiger partial charge is 0.357 e. The Labute approximate surface area is 102 Å². The van der Waals surface area contributed by atoms with Crippen molar-refractivity contribution < 1.29 is 9.47 Å². The molecule has 0 heterocycles. The normalized spacial score (nSPS) is 12.5. The van der Waals surface area contributed by atoms with Crippen molar-refractivity contribution in [3.8, 4) is 0 Å². The van der Waals surface area contributed by atoms with Crippen LogP contribution < -0.4 is 0 Å². The molecule has 4 heteroatoms. The number of ether oxygens (including phenoxy) is 2. The molecular formula is C12H27NO2Si. The number of hydrogen-bond acceptors (Lipinski definition) is 3. The minimum Gasteiger partial charge on any atom is -0.357 e. The van der Waals surface area contributed by atoms with Crippen molar-refractivity contribution in [3.05, 3.63) is 0 Å². The van der Waals surface area contributed by atoms with E-state index in [1.54, 1.807) is 0 Å². The van der Waals surface area contributed by atoms with Gasteiger partial charge in [0.05, 0.1) is 0 Å². The fourth-order valence-electron chi connectivity index (χ4n) is 1.44. The first-order valence-corrected chi connectivity index (χ1v) is 8.19. The Morgan fingerprint density at radius 2 is 1.75 bits per heavy atom. The number of aliphatic imine (C=N–C) groups is 1. The van der Waals surface area contributed by atoms with E-state index in [4.69, 9.17) is 9.47 Å². The highest BCUT2D eigenvalue weighted by Gasteiger charge is 2.05. The lowest BCUT2D eigenvalue weighted by atomic mass is 10.2. The van der Waals surface area contributed by atoms with Crippen LogP contribution in [0, 0.1) is 0 Å². The molecule has 0 aromatic rings. The Morgan fingerprint density at radius 3 is 2.31 bits per heavy atom. The lowest BCUT2D eigenvalue weighted by molar-refractivity contribution is -0.0813. The molecule has 0 saturated carbocycles. The highest BCUT2D eigenvalue weighted by molar-refractivity contribution is 6.68. The molecule has 0 rings (SSSR count). The van der Waals surface area contributed by atoms with Crippen molar-refractivity contribution in [1.82, 2.24) is 0 Å². The van der Waals surface area contributed by atoms with E-state index in [1.807, 2.05) is 13.8 Å². The molecule has 0 bridgehead atoms. The van der Waals surface area contributed by atoms with E-state index in [9.17, 15) is 0 Å². The molecule has 0 unspecified atom stereocenters. The molecule has 0 saturated heterocycles. The molecular weight excluding hydrogens is 218 g/mol. The van der Waals surface area contributed by atoms with Crippen LogP contribution in [0.5, 0.6) is 0 Å². The molecule has 0 spiro atoms. The Kier molecular flexibility index (Phi) is 12.7. The van der Waals surface area contributed by atoms with Crippen molar-refractivity contribution in [1.29, 1.82) is 0 Å². The Bertz CT molecular complexity index is 159. The SMILES string of the molecule is CCCCCCN=C[SiH2]C(OCC)OCC. The van der Waals surface area contributed by atoms with Gasteiger partial charge in [-0.3, -0.25) is 0 Å². The molecule has 0 amide bonds. The summed E-state index contributed by atoms with van der Waals surface area (Å²) in [4.78, 5) is 4.42. The van der Waals surface area contributed by atoms with Gasteiger partial charge >= 0.3 is 0 Å². The van der Waals surface area contributed by atoms with E-state index in [0.717, 1.165) is 19.8 Å². The van der Waals surface area contributed by atoms with Crippen LogP contribution in [-0.4, -0.2) is 41.0 Å². The van der Waals surface area contributed by atoms with Crippen molar-refractivity contribution in [3.63, 3.8) is 0 Å². The first kappa shape index (κ1) is 15.8. The van der Waals surface area contributed by atoms with E-state index >= 15 is 0 Å². The molecule has 0 aliphatic rings. The van der Waals surface area contributed by atoms with Crippen LogP contribution in [0.2, 0.25) is 0 Å². The van der Waals surface area contributed by atoms with Crippen LogP contribution in [0.25, 0.3) is 0 Å². The lowest BCUT2D eigenvalue weighted by Crippen LogP contribution is -2.25. The van der Waals surface area contributed by atoms with Gasteiger partial charge < -0.3 is 14.5 Å². The van der Waals surface area contributed by atoms with Gasteiger partial charge in [-0.25, -0.2) is 0 Å². The minimum absolute atomic E-state index is 0.0226. The van der Waals surface area contributed by atoms with E-state index in [-0.39, 0.29) is 5.91 Å². The Morgan fingerprint density at radius 1 is 1.06 bits per heavy atom. The van der Waals surface area contributed by atoms with Crippen LogP contribution in [0.4, 0.5) is 0 Å². The fourth-order valence-corrected chi connectivity index (χ4v) is 2.69. The van der Waals surface area contributed by atoms with Crippen LogP contribution in [0.15, 0.2) is 4.99 Å². The number of rotatable bonds is 11. The van der Waals surface area contributed by atoms with Gasteiger partial charge in [-0.15, -0.1) is 0 Å². The Balaban J connectivity index is 3.46. The summed E-state index contributed by atoms with van der Waals surface area (Å²) in [5.41, 5.74) is 0. The average Bonchev–Trinajstić information content (AvgIpc) is 2.28. The van der Waals surface area contributed by atoms with E-state index in [2.05, 4.69) is 17.8 Å². The van der Waals surface area contributed by atoms with Crippen molar-refractivity contribution in [2.24, 2.45) is 4.99 Å². The first-order chi connectivity index (χ1) is 7.85. The van der Waals surface area contributed by atoms with E-state index in [1.165, 1.54) is 25.7 Å². The maximum absolute atomic E-state index is 5.48. The second kappa shape index (κ2) is 12.9. The number of nitrogens with zero attached hydrogens (tertiary/aromatic N) is 1. The van der Waals surface area contributed by atoms with Crippen LogP contribution in [0.1, 0.15) is 46.5 Å². The van der Waals surface area contributed by atoms with Crippen LogP contribution in [-0.2, 0) is 9.47 Å². The van der Waals surface area contributed by atoms with Crippen molar-refractivity contribution in [2.75, 3.05) is 19.8 Å². The standard InChI is InChI=1S/C12H27NO2Si/c1-4-7-8-9-10-13-11-16-12(14-5-2)15-6-3/h11-12H,4-10,16H2,1-3H3. The van der Waals surface area contributed by atoms with Gasteiger partial charge in [-0.05, 0) is 26.1 Å². The predicted molar refractivity (Wildman–Crippen MR) is 73.1 cm³/mol. The second-order valence-electron chi connectivity index (χ2n) is 3.73. The highest BCUT2D eigenvalue weighted by atomic mass is 28.2. The molecule has 3 nitrogen and oxygen atoms in total. The van der Waals surface area contributed by atoms with Crippen LogP contribution >= 0.6 is 0 Å². The Hall–Kier alpha value is -0.193. The topological polar surface area (TPSA) is 30.8 Å². The average molecular weight is 245 g/mol. The summed E-state index contributed by atoms with van der Waals surface area (Å²) in [6.45, 7) is 8.65. The number of unbranched alkanes of at least 4 members (excludes halogenated alkanes) is 3. The molecule has 0 N–H and O–H groups in total. The molecule has 0 aromatic heterocycles. The number of hydrogen-bond donors (Lipinski definition) is 0. The zero-order valence-corrected chi connectivity index (χ0v) is 12.5. The van der Waals surface area contributed by atoms with E-state index < -0.39 is 9.52 Å². The maximum atomic E-state index is 5.48. The molecule has 0 fully saturated rings. The molecule has 0 radical (unpaired) electrons. The summed E-state index contributed by atoms with van der Waals surface area (Å²) in [5.74, 6) is 2.09. The van der Waals surface area contributed by atoms with Crippen molar-refractivity contribution in [2.45, 2.75) is 52.4 Å². The summed E-state index contributed by atoms with van der Waals surface area (Å²) >= 11 is 0. The predicted octanol–water partition coefficient (Wildman–Crippen LogP) is 2.12. The third-order valence-corrected chi connectivity index (χ3v) is 3.60. The highest BCUT2D eigenvalue weighted by Crippen LogP contribution is 1.98. The van der Waals surface area contributed by atoms with Gasteiger partial charge in [0, 0.05) is 19.8 Å². The van der Waals surface area contributed by atoms with Gasteiger partial charge in [-0.1, -0.05) is 26.2 Å². The monoisotopic (exact) mass is 245 g/mol. The molecule has 0 aliphatic carbocycles. The van der Waals surface area contributed by atoms with Crippen LogP contribution in [0.3, 0.4) is 0 Å². The molecule has 0 aromatic carbocycles. The smallest absolute Gasteiger partial charge is 0.140 e. The molecule has 0 atom stereocenters. The minimum atomic E-state index is -0.472. The second-order valence-corrected chi connectivity index (χ2v) is 5.23. The van der Waals surface area contributed by atoms with E-state index in [0.29, 0.717) is 0 Å². The first-order valence-electron chi connectivity index (χ1n) is 6.56. The summed E-state index contributed by atoms with van der Waals surface area (Å²) in [7, 11) is -0.472. The molecule has 96 valence electrons. The molecule has 16 heavy (non-hydrogen) atoms. The maximum Gasteiger partial charge on any atom is 0.140 e.